The number of aromatic hydroxyl groups is 1. The number of nitrogens with one attached hydrogen (secondary N) is 1. The maximum atomic E-state index is 12.2. The first-order chi connectivity index (χ1) is 9.44. The van der Waals surface area contributed by atoms with E-state index in [1.54, 1.807) is 13.0 Å². The van der Waals surface area contributed by atoms with Crippen LogP contribution in [0.3, 0.4) is 0 Å². The second-order valence-electron chi connectivity index (χ2n) is 4.97. The molecule has 108 valence electrons. The van der Waals surface area contributed by atoms with E-state index >= 15 is 0 Å². The van der Waals surface area contributed by atoms with Crippen LogP contribution in [-0.4, -0.2) is 40.8 Å². The summed E-state index contributed by atoms with van der Waals surface area (Å²) in [6.07, 6.45) is 0.418. The van der Waals surface area contributed by atoms with Crippen LogP contribution in [0.1, 0.15) is 28.8 Å². The van der Waals surface area contributed by atoms with Gasteiger partial charge in [0.05, 0.1) is 5.56 Å². The molecule has 0 atom stereocenters. The summed E-state index contributed by atoms with van der Waals surface area (Å²) in [5.74, 6) is -1.83. The van der Waals surface area contributed by atoms with Gasteiger partial charge in [0.1, 0.15) is 11.3 Å². The number of rotatable bonds is 3. The van der Waals surface area contributed by atoms with Crippen molar-refractivity contribution in [3.63, 3.8) is 0 Å². The summed E-state index contributed by atoms with van der Waals surface area (Å²) in [5.41, 5.74) is -0.437. The number of amides is 1. The Morgan fingerprint density at radius 1 is 1.30 bits per heavy atom. The molecule has 3 N–H and O–H groups in total. The molecular formula is C14H17NO5. The monoisotopic (exact) mass is 279 g/mol. The summed E-state index contributed by atoms with van der Waals surface area (Å²) < 4.78 is 5.14. The molecular weight excluding hydrogens is 262 g/mol. The summed E-state index contributed by atoms with van der Waals surface area (Å²) in [6, 6.07) is 4.63. The molecule has 0 unspecified atom stereocenters. The van der Waals surface area contributed by atoms with Gasteiger partial charge in [-0.3, -0.25) is 4.79 Å². The molecule has 1 aliphatic rings. The fraction of sp³-hybridized carbons (Fsp3) is 0.429. The van der Waals surface area contributed by atoms with Crippen LogP contribution >= 0.6 is 0 Å². The average molecular weight is 279 g/mol. The van der Waals surface area contributed by atoms with Gasteiger partial charge < -0.3 is 20.3 Å². The molecule has 0 spiro atoms. The largest absolute Gasteiger partial charge is 0.507 e. The lowest BCUT2D eigenvalue weighted by Crippen LogP contribution is -2.57. The van der Waals surface area contributed by atoms with E-state index in [0.717, 1.165) is 5.56 Å². The Morgan fingerprint density at radius 3 is 2.50 bits per heavy atom. The molecule has 2 rings (SSSR count). The molecule has 1 aromatic carbocycles. The van der Waals surface area contributed by atoms with Gasteiger partial charge in [-0.05, 0) is 24.6 Å². The summed E-state index contributed by atoms with van der Waals surface area (Å²) in [4.78, 5) is 23.6. The Morgan fingerprint density at radius 2 is 1.95 bits per heavy atom. The summed E-state index contributed by atoms with van der Waals surface area (Å²) in [7, 11) is 0. The maximum Gasteiger partial charge on any atom is 0.329 e. The molecule has 0 saturated carbocycles. The van der Waals surface area contributed by atoms with E-state index in [9.17, 15) is 19.8 Å². The Bertz CT molecular complexity index is 534. The normalized spacial score (nSPS) is 17.4. The summed E-state index contributed by atoms with van der Waals surface area (Å²) >= 11 is 0. The molecule has 0 aliphatic carbocycles. The molecule has 6 nitrogen and oxygen atoms in total. The third kappa shape index (κ3) is 2.75. The smallest absolute Gasteiger partial charge is 0.329 e. The molecule has 20 heavy (non-hydrogen) atoms. The highest BCUT2D eigenvalue weighted by atomic mass is 16.5. The standard InChI is InChI=1S/C14H17NO5/c1-9-2-3-10(11(16)8-9)12(17)15-14(13(18)19)4-6-20-7-5-14/h2-3,8,16H,4-7H2,1H3,(H,15,17)(H,18,19). The zero-order valence-corrected chi connectivity index (χ0v) is 11.2. The first-order valence-corrected chi connectivity index (χ1v) is 6.38. The van der Waals surface area contributed by atoms with Crippen LogP contribution in [0.5, 0.6) is 5.75 Å². The zero-order chi connectivity index (χ0) is 14.8. The third-order valence-corrected chi connectivity index (χ3v) is 3.51. The van der Waals surface area contributed by atoms with Gasteiger partial charge in [-0.2, -0.15) is 0 Å². The number of aliphatic carboxylic acids is 1. The Kier molecular flexibility index (Phi) is 3.94. The minimum atomic E-state index is -1.33. The van der Waals surface area contributed by atoms with Crippen molar-refractivity contribution in [1.29, 1.82) is 0 Å². The van der Waals surface area contributed by atoms with Crippen molar-refractivity contribution in [2.75, 3.05) is 13.2 Å². The average Bonchev–Trinajstić information content (AvgIpc) is 2.39. The Balaban J connectivity index is 2.22. The molecule has 0 bridgehead atoms. The molecule has 0 aromatic heterocycles. The van der Waals surface area contributed by atoms with Gasteiger partial charge in [0.15, 0.2) is 0 Å². The lowest BCUT2D eigenvalue weighted by atomic mass is 9.89. The van der Waals surface area contributed by atoms with Crippen LogP contribution in [0, 0.1) is 6.92 Å². The number of carboxylic acids is 1. The van der Waals surface area contributed by atoms with Crippen LogP contribution < -0.4 is 5.32 Å². The van der Waals surface area contributed by atoms with Crippen LogP contribution in [0.15, 0.2) is 18.2 Å². The highest BCUT2D eigenvalue weighted by Gasteiger charge is 2.42. The SMILES string of the molecule is Cc1ccc(C(=O)NC2(C(=O)O)CCOCC2)c(O)c1. The lowest BCUT2D eigenvalue weighted by Gasteiger charge is -2.33. The highest BCUT2D eigenvalue weighted by Crippen LogP contribution is 2.24. The Hall–Kier alpha value is -2.08. The van der Waals surface area contributed by atoms with E-state index in [-0.39, 0.29) is 37.4 Å². The van der Waals surface area contributed by atoms with E-state index in [1.165, 1.54) is 12.1 Å². The minimum absolute atomic E-state index is 0.0720. The van der Waals surface area contributed by atoms with E-state index in [1.807, 2.05) is 0 Å². The third-order valence-electron chi connectivity index (χ3n) is 3.51. The second-order valence-corrected chi connectivity index (χ2v) is 4.97. The van der Waals surface area contributed by atoms with E-state index in [0.29, 0.717) is 0 Å². The summed E-state index contributed by atoms with van der Waals surface area (Å²) in [5, 5.41) is 21.7. The number of hydrogen-bond acceptors (Lipinski definition) is 4. The molecule has 1 aliphatic heterocycles. The number of phenolic OH excluding ortho intramolecular Hbond substituents is 1. The van der Waals surface area contributed by atoms with Gasteiger partial charge in [0.2, 0.25) is 0 Å². The topological polar surface area (TPSA) is 95.9 Å². The molecule has 6 heteroatoms. The number of carboxylic acid groups (broad SMARTS) is 1. The van der Waals surface area contributed by atoms with Gasteiger partial charge in [-0.1, -0.05) is 6.07 Å². The van der Waals surface area contributed by atoms with Gasteiger partial charge in [-0.15, -0.1) is 0 Å². The van der Waals surface area contributed by atoms with Gasteiger partial charge >= 0.3 is 5.97 Å². The van der Waals surface area contributed by atoms with Crippen molar-refractivity contribution >= 4 is 11.9 Å². The Labute approximate surface area is 116 Å². The maximum absolute atomic E-state index is 12.2. The van der Waals surface area contributed by atoms with Gasteiger partial charge in [0.25, 0.3) is 5.91 Å². The zero-order valence-electron chi connectivity index (χ0n) is 11.2. The van der Waals surface area contributed by atoms with Gasteiger partial charge in [0, 0.05) is 26.1 Å². The van der Waals surface area contributed by atoms with Crippen molar-refractivity contribution in [3.05, 3.63) is 29.3 Å². The van der Waals surface area contributed by atoms with Crippen molar-refractivity contribution in [1.82, 2.24) is 5.32 Å². The first-order valence-electron chi connectivity index (χ1n) is 6.38. The fourth-order valence-corrected chi connectivity index (χ4v) is 2.23. The van der Waals surface area contributed by atoms with Crippen molar-refractivity contribution in [3.8, 4) is 5.75 Å². The van der Waals surface area contributed by atoms with Crippen LogP contribution in [0.2, 0.25) is 0 Å². The minimum Gasteiger partial charge on any atom is -0.507 e. The number of carbonyl (C=O) groups excluding carboxylic acids is 1. The number of phenols is 1. The van der Waals surface area contributed by atoms with E-state index in [2.05, 4.69) is 5.32 Å². The highest BCUT2D eigenvalue weighted by molar-refractivity contribution is 6.00. The van der Waals surface area contributed by atoms with E-state index < -0.39 is 17.4 Å². The molecule has 0 radical (unpaired) electrons. The summed E-state index contributed by atoms with van der Waals surface area (Å²) in [6.45, 7) is 2.36. The predicted octanol–water partition coefficient (Wildman–Crippen LogP) is 1.06. The van der Waals surface area contributed by atoms with Crippen LogP contribution in [-0.2, 0) is 9.53 Å². The van der Waals surface area contributed by atoms with Gasteiger partial charge in [-0.25, -0.2) is 4.79 Å². The van der Waals surface area contributed by atoms with Crippen molar-refractivity contribution < 1.29 is 24.5 Å². The molecule has 1 aromatic rings. The molecule has 1 saturated heterocycles. The number of hydrogen-bond donors (Lipinski definition) is 3. The molecule has 1 fully saturated rings. The van der Waals surface area contributed by atoms with Crippen LogP contribution in [0.4, 0.5) is 0 Å². The number of ether oxygens (including phenoxy) is 1. The fourth-order valence-electron chi connectivity index (χ4n) is 2.23. The number of benzene rings is 1. The quantitative estimate of drug-likeness (QED) is 0.769. The number of aryl methyl sites for hydroxylation is 1. The first kappa shape index (κ1) is 14.3. The number of carbonyl (C=O) groups is 2. The lowest BCUT2D eigenvalue weighted by molar-refractivity contribution is -0.148. The predicted molar refractivity (Wildman–Crippen MR) is 70.7 cm³/mol. The second kappa shape index (κ2) is 5.50. The van der Waals surface area contributed by atoms with Crippen molar-refractivity contribution in [2.45, 2.75) is 25.3 Å². The van der Waals surface area contributed by atoms with Crippen molar-refractivity contribution in [2.24, 2.45) is 0 Å². The molecule has 1 amide bonds. The molecule has 1 heterocycles. The van der Waals surface area contributed by atoms with E-state index in [4.69, 9.17) is 4.74 Å². The van der Waals surface area contributed by atoms with Crippen LogP contribution in [0.25, 0.3) is 0 Å².